The second kappa shape index (κ2) is 6.74. The van der Waals surface area contributed by atoms with Crippen molar-refractivity contribution in [3.05, 3.63) is 58.4 Å². The number of fused-ring (bicyclic) bond motifs is 2. The van der Waals surface area contributed by atoms with E-state index in [-0.39, 0.29) is 17.5 Å². The van der Waals surface area contributed by atoms with Crippen LogP contribution < -0.4 is 0 Å². The summed E-state index contributed by atoms with van der Waals surface area (Å²) in [7, 11) is 0. The number of hydrogen-bond donors (Lipinski definition) is 1. The van der Waals surface area contributed by atoms with Crippen LogP contribution in [0.3, 0.4) is 0 Å². The molecule has 28 heavy (non-hydrogen) atoms. The van der Waals surface area contributed by atoms with Gasteiger partial charge in [-0.2, -0.15) is 5.10 Å². The number of carbonyl (C=O) groups is 2. The van der Waals surface area contributed by atoms with Crippen LogP contribution in [0, 0.1) is 6.92 Å². The van der Waals surface area contributed by atoms with Crippen LogP contribution in [-0.2, 0) is 13.0 Å². The molecule has 0 fully saturated rings. The summed E-state index contributed by atoms with van der Waals surface area (Å²) in [4.78, 5) is 30.9. The zero-order valence-corrected chi connectivity index (χ0v) is 16.1. The fourth-order valence-electron chi connectivity index (χ4n) is 3.73. The van der Waals surface area contributed by atoms with E-state index in [1.165, 1.54) is 0 Å². The molecule has 0 atom stereocenters. The molecular weight excluding hydrogens is 356 g/mol. The standard InChI is InChI=1S/C21H22N4O3/c1-12(2)25-19-18(10-22-25)17(8-13(3)23-19)20(26)24-7-6-14-4-5-15(21(27)28)9-16(14)11-24/h4-5,8-10,12H,6-7,11H2,1-3H3,(H,27,28). The smallest absolute Gasteiger partial charge is 0.335 e. The molecule has 0 aliphatic carbocycles. The number of carboxylic acid groups (broad SMARTS) is 1. The molecule has 0 saturated carbocycles. The average Bonchev–Trinajstić information content (AvgIpc) is 3.09. The summed E-state index contributed by atoms with van der Waals surface area (Å²) >= 11 is 0. The van der Waals surface area contributed by atoms with E-state index in [9.17, 15) is 14.7 Å². The summed E-state index contributed by atoms with van der Waals surface area (Å²) in [6, 6.07) is 7.09. The van der Waals surface area contributed by atoms with Gasteiger partial charge in [0.25, 0.3) is 5.91 Å². The SMILES string of the molecule is Cc1cc(C(=O)N2CCc3ccc(C(=O)O)cc3C2)c2cnn(C(C)C)c2n1. The molecule has 0 bridgehead atoms. The van der Waals surface area contributed by atoms with Crippen molar-refractivity contribution in [2.45, 2.75) is 39.8 Å². The van der Waals surface area contributed by atoms with E-state index in [4.69, 9.17) is 0 Å². The van der Waals surface area contributed by atoms with Gasteiger partial charge in [-0.25, -0.2) is 14.5 Å². The monoisotopic (exact) mass is 378 g/mol. The van der Waals surface area contributed by atoms with Gasteiger partial charge in [-0.15, -0.1) is 0 Å². The number of benzene rings is 1. The van der Waals surface area contributed by atoms with Crippen molar-refractivity contribution in [2.24, 2.45) is 0 Å². The third kappa shape index (κ3) is 3.02. The summed E-state index contributed by atoms with van der Waals surface area (Å²) in [6.07, 6.45) is 2.41. The number of carbonyl (C=O) groups excluding carboxylic acids is 1. The van der Waals surface area contributed by atoms with E-state index >= 15 is 0 Å². The van der Waals surface area contributed by atoms with Crippen LogP contribution in [0.4, 0.5) is 0 Å². The second-order valence-electron chi connectivity index (χ2n) is 7.50. The summed E-state index contributed by atoms with van der Waals surface area (Å²) < 4.78 is 1.82. The molecule has 0 spiro atoms. The maximum absolute atomic E-state index is 13.3. The minimum atomic E-state index is -0.959. The number of rotatable bonds is 3. The van der Waals surface area contributed by atoms with Gasteiger partial charge >= 0.3 is 5.97 Å². The minimum Gasteiger partial charge on any atom is -0.478 e. The lowest BCUT2D eigenvalue weighted by atomic mass is 9.96. The van der Waals surface area contributed by atoms with Crippen molar-refractivity contribution < 1.29 is 14.7 Å². The van der Waals surface area contributed by atoms with Crippen LogP contribution in [0.2, 0.25) is 0 Å². The van der Waals surface area contributed by atoms with Crippen molar-refractivity contribution in [3.63, 3.8) is 0 Å². The van der Waals surface area contributed by atoms with Crippen LogP contribution in [-0.4, -0.2) is 43.2 Å². The highest BCUT2D eigenvalue weighted by molar-refractivity contribution is 6.05. The maximum atomic E-state index is 13.3. The van der Waals surface area contributed by atoms with E-state index < -0.39 is 5.97 Å². The summed E-state index contributed by atoms with van der Waals surface area (Å²) in [5, 5.41) is 14.4. The van der Waals surface area contributed by atoms with Gasteiger partial charge in [0.15, 0.2) is 5.65 Å². The molecule has 7 heteroatoms. The summed E-state index contributed by atoms with van der Waals surface area (Å²) in [6.45, 7) is 6.92. The maximum Gasteiger partial charge on any atom is 0.335 e. The lowest BCUT2D eigenvalue weighted by Crippen LogP contribution is -2.36. The molecule has 0 saturated heterocycles. The topological polar surface area (TPSA) is 88.3 Å². The molecule has 7 nitrogen and oxygen atoms in total. The van der Waals surface area contributed by atoms with Crippen LogP contribution in [0.5, 0.6) is 0 Å². The quantitative estimate of drug-likeness (QED) is 0.756. The van der Waals surface area contributed by atoms with Crippen molar-refractivity contribution in [2.75, 3.05) is 6.54 Å². The first kappa shape index (κ1) is 18.2. The van der Waals surface area contributed by atoms with Crippen LogP contribution in [0.15, 0.2) is 30.5 Å². The highest BCUT2D eigenvalue weighted by Gasteiger charge is 2.25. The molecule has 0 unspecified atom stereocenters. The Labute approximate surface area is 162 Å². The van der Waals surface area contributed by atoms with Crippen molar-refractivity contribution in [3.8, 4) is 0 Å². The van der Waals surface area contributed by atoms with Gasteiger partial charge in [-0.05, 0) is 56.5 Å². The Bertz CT molecular complexity index is 1100. The molecule has 3 heterocycles. The van der Waals surface area contributed by atoms with Gasteiger partial charge in [0.05, 0.1) is 22.7 Å². The highest BCUT2D eigenvalue weighted by Crippen LogP contribution is 2.26. The number of aryl methyl sites for hydroxylation is 1. The average molecular weight is 378 g/mol. The number of carboxylic acids is 1. The van der Waals surface area contributed by atoms with Crippen molar-refractivity contribution in [1.29, 1.82) is 0 Å². The molecule has 144 valence electrons. The summed E-state index contributed by atoms with van der Waals surface area (Å²) in [5.41, 5.74) is 4.30. The van der Waals surface area contributed by atoms with Gasteiger partial charge in [0.2, 0.25) is 0 Å². The van der Waals surface area contributed by atoms with E-state index in [0.29, 0.717) is 30.7 Å². The normalized spacial score (nSPS) is 13.8. The minimum absolute atomic E-state index is 0.0785. The Morgan fingerprint density at radius 3 is 2.68 bits per heavy atom. The fraction of sp³-hybridized carbons (Fsp3) is 0.333. The zero-order chi connectivity index (χ0) is 20.0. The number of aromatic nitrogens is 3. The van der Waals surface area contributed by atoms with E-state index in [1.54, 1.807) is 29.3 Å². The Morgan fingerprint density at radius 2 is 1.96 bits per heavy atom. The third-order valence-corrected chi connectivity index (χ3v) is 5.17. The largest absolute Gasteiger partial charge is 0.478 e. The van der Waals surface area contributed by atoms with Gasteiger partial charge in [0, 0.05) is 24.8 Å². The third-order valence-electron chi connectivity index (χ3n) is 5.17. The molecule has 1 aromatic carbocycles. The van der Waals surface area contributed by atoms with Crippen LogP contribution in [0.1, 0.15) is 57.4 Å². The fourth-order valence-corrected chi connectivity index (χ4v) is 3.73. The molecule has 1 aliphatic rings. The Kier molecular flexibility index (Phi) is 4.37. The zero-order valence-electron chi connectivity index (χ0n) is 16.1. The molecule has 2 aromatic heterocycles. The molecule has 1 amide bonds. The number of aromatic carboxylic acids is 1. The van der Waals surface area contributed by atoms with Crippen molar-refractivity contribution in [1.82, 2.24) is 19.7 Å². The first-order chi connectivity index (χ1) is 13.3. The second-order valence-corrected chi connectivity index (χ2v) is 7.50. The van der Waals surface area contributed by atoms with Gasteiger partial charge in [0.1, 0.15) is 0 Å². The van der Waals surface area contributed by atoms with Crippen molar-refractivity contribution >= 4 is 22.9 Å². The van der Waals surface area contributed by atoms with E-state index in [2.05, 4.69) is 10.1 Å². The van der Waals surface area contributed by atoms with E-state index in [0.717, 1.165) is 22.2 Å². The number of nitrogens with zero attached hydrogens (tertiary/aromatic N) is 4. The predicted molar refractivity (Wildman–Crippen MR) is 104 cm³/mol. The first-order valence-corrected chi connectivity index (χ1v) is 9.34. The Morgan fingerprint density at radius 1 is 1.18 bits per heavy atom. The molecule has 1 N–H and O–H groups in total. The number of hydrogen-bond acceptors (Lipinski definition) is 4. The Hall–Kier alpha value is -3.22. The molecular formula is C21H22N4O3. The van der Waals surface area contributed by atoms with E-state index in [1.807, 2.05) is 31.5 Å². The number of pyridine rings is 1. The van der Waals surface area contributed by atoms with Crippen LogP contribution >= 0.6 is 0 Å². The predicted octanol–water partition coefficient (Wildman–Crippen LogP) is 3.22. The molecule has 3 aromatic rings. The molecule has 4 rings (SSSR count). The first-order valence-electron chi connectivity index (χ1n) is 9.34. The molecule has 0 radical (unpaired) electrons. The lowest BCUT2D eigenvalue weighted by molar-refractivity contribution is 0.0696. The Balaban J connectivity index is 1.71. The highest BCUT2D eigenvalue weighted by atomic mass is 16.4. The van der Waals surface area contributed by atoms with Gasteiger partial charge in [-0.3, -0.25) is 4.79 Å². The number of amides is 1. The van der Waals surface area contributed by atoms with Crippen LogP contribution in [0.25, 0.3) is 11.0 Å². The molecule has 1 aliphatic heterocycles. The lowest BCUT2D eigenvalue weighted by Gasteiger charge is -2.29. The van der Waals surface area contributed by atoms with Gasteiger partial charge < -0.3 is 10.0 Å². The van der Waals surface area contributed by atoms with Gasteiger partial charge in [-0.1, -0.05) is 6.07 Å². The summed E-state index contributed by atoms with van der Waals surface area (Å²) in [5.74, 6) is -1.04.